The first-order chi connectivity index (χ1) is 16.0. The Bertz CT molecular complexity index is 1410. The van der Waals surface area contributed by atoms with Crippen LogP contribution in [0.1, 0.15) is 12.0 Å². The van der Waals surface area contributed by atoms with Crippen molar-refractivity contribution in [1.82, 2.24) is 24.6 Å². The summed E-state index contributed by atoms with van der Waals surface area (Å²) in [4.78, 5) is 28.8. The number of benzene rings is 1. The Balaban J connectivity index is 1.44. The van der Waals surface area contributed by atoms with Crippen LogP contribution in [0.15, 0.2) is 59.8 Å². The monoisotopic (exact) mass is 483 g/mol. The lowest BCUT2D eigenvalue weighted by Crippen LogP contribution is -2.19. The van der Waals surface area contributed by atoms with Crippen molar-refractivity contribution in [2.24, 2.45) is 5.92 Å². The van der Waals surface area contributed by atoms with Crippen molar-refractivity contribution in [3.05, 3.63) is 81.0 Å². The van der Waals surface area contributed by atoms with E-state index in [0.29, 0.717) is 58.6 Å². The van der Waals surface area contributed by atoms with E-state index in [-0.39, 0.29) is 17.4 Å². The lowest BCUT2D eigenvalue weighted by atomic mass is 10.1. The fraction of sp³-hybridized carbons (Fsp3) is 0.217. The minimum atomic E-state index is -0.262. The molecule has 4 heterocycles. The van der Waals surface area contributed by atoms with Crippen LogP contribution in [0.3, 0.4) is 0 Å². The second kappa shape index (κ2) is 8.88. The van der Waals surface area contributed by atoms with Crippen molar-refractivity contribution >= 4 is 40.0 Å². The molecule has 0 aliphatic carbocycles. The zero-order valence-corrected chi connectivity index (χ0v) is 18.9. The summed E-state index contributed by atoms with van der Waals surface area (Å²) in [6, 6.07) is 11.0. The number of hydrogen-bond donors (Lipinski definition) is 1. The SMILES string of the molecule is O=C1CC(COc2cc(-n3ccc4c(cnn4Cc4ccccc4Cl)c3=O)c(Cl)cn2)CN1. The molecule has 4 aromatic rings. The average molecular weight is 484 g/mol. The molecule has 1 atom stereocenters. The molecule has 5 rings (SSSR count). The Kier molecular flexibility index (Phi) is 5.78. The van der Waals surface area contributed by atoms with Crippen molar-refractivity contribution in [2.75, 3.05) is 13.2 Å². The Labute approximate surface area is 198 Å². The normalized spacial score (nSPS) is 15.7. The summed E-state index contributed by atoms with van der Waals surface area (Å²) in [7, 11) is 0. The van der Waals surface area contributed by atoms with E-state index in [0.717, 1.165) is 5.56 Å². The van der Waals surface area contributed by atoms with Gasteiger partial charge in [-0.2, -0.15) is 5.10 Å². The number of rotatable bonds is 6. The summed E-state index contributed by atoms with van der Waals surface area (Å²) in [6.45, 7) is 1.36. The van der Waals surface area contributed by atoms with Gasteiger partial charge in [0.2, 0.25) is 11.8 Å². The van der Waals surface area contributed by atoms with E-state index in [9.17, 15) is 9.59 Å². The van der Waals surface area contributed by atoms with Gasteiger partial charge in [0.1, 0.15) is 0 Å². The Morgan fingerprint density at radius 3 is 2.76 bits per heavy atom. The fourth-order valence-electron chi connectivity index (χ4n) is 3.84. The number of halogens is 2. The molecule has 0 saturated carbocycles. The molecule has 3 aromatic heterocycles. The molecule has 10 heteroatoms. The highest BCUT2D eigenvalue weighted by atomic mass is 35.5. The molecule has 1 fully saturated rings. The highest BCUT2D eigenvalue weighted by molar-refractivity contribution is 6.32. The first kappa shape index (κ1) is 21.5. The number of ether oxygens (including phenoxy) is 1. The number of aromatic nitrogens is 4. The van der Waals surface area contributed by atoms with E-state index in [4.69, 9.17) is 27.9 Å². The fourth-order valence-corrected chi connectivity index (χ4v) is 4.23. The highest BCUT2D eigenvalue weighted by Crippen LogP contribution is 2.24. The van der Waals surface area contributed by atoms with Gasteiger partial charge in [-0.1, -0.05) is 41.4 Å². The number of hydrogen-bond acceptors (Lipinski definition) is 5. The van der Waals surface area contributed by atoms with E-state index in [1.807, 2.05) is 30.3 Å². The molecule has 1 aliphatic heterocycles. The first-order valence-corrected chi connectivity index (χ1v) is 11.1. The van der Waals surface area contributed by atoms with Crippen LogP contribution in [-0.2, 0) is 11.3 Å². The minimum Gasteiger partial charge on any atom is -0.477 e. The van der Waals surface area contributed by atoms with Gasteiger partial charge < -0.3 is 10.1 Å². The van der Waals surface area contributed by atoms with Gasteiger partial charge in [-0.15, -0.1) is 0 Å². The Morgan fingerprint density at radius 1 is 1.12 bits per heavy atom. The van der Waals surface area contributed by atoms with Crippen LogP contribution in [0.25, 0.3) is 16.6 Å². The van der Waals surface area contributed by atoms with Crippen LogP contribution in [-0.4, -0.2) is 38.4 Å². The highest BCUT2D eigenvalue weighted by Gasteiger charge is 2.22. The standard InChI is InChI=1S/C23H19Cl2N5O3/c24-17-4-2-1-3-15(17)12-30-19-5-6-29(23(32)16(19)10-28-30)20-8-22(27-11-18(20)25)33-13-14-7-21(31)26-9-14/h1-6,8,10-11,14H,7,9,12-13H2,(H,26,31). The smallest absolute Gasteiger partial charge is 0.266 e. The van der Waals surface area contributed by atoms with Gasteiger partial charge in [0.05, 0.1) is 47.2 Å². The van der Waals surface area contributed by atoms with Crippen molar-refractivity contribution in [3.8, 4) is 11.6 Å². The van der Waals surface area contributed by atoms with Crippen molar-refractivity contribution in [3.63, 3.8) is 0 Å². The molecule has 168 valence electrons. The zero-order valence-electron chi connectivity index (χ0n) is 17.4. The molecular weight excluding hydrogens is 465 g/mol. The maximum atomic E-state index is 13.2. The van der Waals surface area contributed by atoms with E-state index in [1.54, 1.807) is 23.1 Å². The first-order valence-electron chi connectivity index (χ1n) is 10.4. The predicted molar refractivity (Wildman–Crippen MR) is 125 cm³/mol. The van der Waals surface area contributed by atoms with Gasteiger partial charge in [0.15, 0.2) is 0 Å². The molecule has 0 radical (unpaired) electrons. The molecule has 0 bridgehead atoms. The van der Waals surface area contributed by atoms with Gasteiger partial charge in [-0.25, -0.2) is 4.98 Å². The third-order valence-corrected chi connectivity index (χ3v) is 6.25. The number of carbonyl (C=O) groups is 1. The van der Waals surface area contributed by atoms with Crippen LogP contribution in [0, 0.1) is 5.92 Å². The number of nitrogens with zero attached hydrogens (tertiary/aromatic N) is 4. The van der Waals surface area contributed by atoms with Crippen LogP contribution in [0.5, 0.6) is 5.88 Å². The number of nitrogens with one attached hydrogen (secondary N) is 1. The minimum absolute atomic E-state index is 0.0169. The average Bonchev–Trinajstić information content (AvgIpc) is 3.42. The maximum absolute atomic E-state index is 13.2. The van der Waals surface area contributed by atoms with Crippen molar-refractivity contribution in [1.29, 1.82) is 0 Å². The molecule has 0 spiro atoms. The summed E-state index contributed by atoms with van der Waals surface area (Å²) < 4.78 is 8.94. The van der Waals surface area contributed by atoms with E-state index in [1.165, 1.54) is 10.8 Å². The molecule has 1 aliphatic rings. The lowest BCUT2D eigenvalue weighted by Gasteiger charge is -2.13. The number of amides is 1. The van der Waals surface area contributed by atoms with E-state index >= 15 is 0 Å². The molecule has 1 aromatic carbocycles. The molecule has 1 amide bonds. The van der Waals surface area contributed by atoms with Crippen molar-refractivity contribution < 1.29 is 9.53 Å². The number of pyridine rings is 2. The van der Waals surface area contributed by atoms with E-state index in [2.05, 4.69) is 15.4 Å². The summed E-state index contributed by atoms with van der Waals surface area (Å²) in [5, 5.41) is 8.57. The molecular formula is C23H19Cl2N5O3. The van der Waals surface area contributed by atoms with Gasteiger partial charge in [0.25, 0.3) is 5.56 Å². The second-order valence-electron chi connectivity index (χ2n) is 7.84. The quantitative estimate of drug-likeness (QED) is 0.453. The molecule has 33 heavy (non-hydrogen) atoms. The van der Waals surface area contributed by atoms with Gasteiger partial charge in [-0.3, -0.25) is 18.8 Å². The second-order valence-corrected chi connectivity index (χ2v) is 8.66. The largest absolute Gasteiger partial charge is 0.477 e. The lowest BCUT2D eigenvalue weighted by molar-refractivity contribution is -0.119. The zero-order chi connectivity index (χ0) is 22.9. The summed E-state index contributed by atoms with van der Waals surface area (Å²) in [5.74, 6) is 0.430. The summed E-state index contributed by atoms with van der Waals surface area (Å²) in [6.07, 6.45) is 5.07. The third-order valence-electron chi connectivity index (χ3n) is 5.59. The van der Waals surface area contributed by atoms with Gasteiger partial charge >= 0.3 is 0 Å². The Morgan fingerprint density at radius 2 is 1.97 bits per heavy atom. The van der Waals surface area contributed by atoms with Crippen LogP contribution < -0.4 is 15.6 Å². The molecule has 1 saturated heterocycles. The topological polar surface area (TPSA) is 91.0 Å². The Hall–Kier alpha value is -3.36. The van der Waals surface area contributed by atoms with Crippen molar-refractivity contribution in [2.45, 2.75) is 13.0 Å². The molecule has 1 unspecified atom stereocenters. The van der Waals surface area contributed by atoms with Crippen LogP contribution >= 0.6 is 23.2 Å². The molecule has 1 N–H and O–H groups in total. The van der Waals surface area contributed by atoms with Gasteiger partial charge in [-0.05, 0) is 17.7 Å². The number of carbonyl (C=O) groups excluding carboxylic acids is 1. The van der Waals surface area contributed by atoms with Crippen LogP contribution in [0.2, 0.25) is 10.0 Å². The van der Waals surface area contributed by atoms with E-state index < -0.39 is 0 Å². The predicted octanol–water partition coefficient (Wildman–Crippen LogP) is 3.45. The van der Waals surface area contributed by atoms with Gasteiger partial charge in [0, 0.05) is 36.2 Å². The summed E-state index contributed by atoms with van der Waals surface area (Å²) >= 11 is 12.6. The number of fused-ring (bicyclic) bond motifs is 1. The maximum Gasteiger partial charge on any atom is 0.266 e. The summed E-state index contributed by atoms with van der Waals surface area (Å²) in [5.41, 5.74) is 1.79. The van der Waals surface area contributed by atoms with Crippen LogP contribution in [0.4, 0.5) is 0 Å². The third kappa shape index (κ3) is 4.31. The molecule has 8 nitrogen and oxygen atoms in total.